The zero-order valence-electron chi connectivity index (χ0n) is 19.9. The van der Waals surface area contributed by atoms with Gasteiger partial charge in [0.2, 0.25) is 0 Å². The lowest BCUT2D eigenvalue weighted by Crippen LogP contribution is -2.46. The molecule has 2 fully saturated rings. The predicted molar refractivity (Wildman–Crippen MR) is 137 cm³/mol. The maximum absolute atomic E-state index is 14.3. The molecule has 0 bridgehead atoms. The lowest BCUT2D eigenvalue weighted by Gasteiger charge is -2.37. The second kappa shape index (κ2) is 10.3. The summed E-state index contributed by atoms with van der Waals surface area (Å²) in [4.78, 5) is 22.5. The molecule has 1 spiro atoms. The lowest BCUT2D eigenvalue weighted by atomic mass is 9.91. The van der Waals surface area contributed by atoms with Crippen LogP contribution in [0.3, 0.4) is 0 Å². The average Bonchev–Trinajstić information content (AvgIpc) is 3.24. The Balaban J connectivity index is 1.23. The minimum atomic E-state index is -0.430. The van der Waals surface area contributed by atoms with Gasteiger partial charge < -0.3 is 30.3 Å². The van der Waals surface area contributed by atoms with E-state index in [2.05, 4.69) is 30.8 Å². The number of anilines is 3. The fourth-order valence-electron chi connectivity index (χ4n) is 4.65. The van der Waals surface area contributed by atoms with Crippen LogP contribution in [0.1, 0.15) is 19.3 Å². The summed E-state index contributed by atoms with van der Waals surface area (Å²) in [7, 11) is 1.82. The summed E-state index contributed by atoms with van der Waals surface area (Å²) in [6, 6.07) is 8.06. The second-order valence-electron chi connectivity index (χ2n) is 9.06. The Morgan fingerprint density at radius 2 is 2.06 bits per heavy atom. The summed E-state index contributed by atoms with van der Waals surface area (Å²) in [5.41, 5.74) is 1.39. The third kappa shape index (κ3) is 5.24. The van der Waals surface area contributed by atoms with Crippen molar-refractivity contribution in [2.45, 2.75) is 24.9 Å². The molecule has 1 aromatic heterocycles. The number of nitrogens with zero attached hydrogens (tertiary/aromatic N) is 3. The molecule has 0 aliphatic carbocycles. The van der Waals surface area contributed by atoms with E-state index >= 15 is 0 Å². The molecule has 0 radical (unpaired) electrons. The highest BCUT2D eigenvalue weighted by Crippen LogP contribution is 2.34. The molecule has 11 heteroatoms. The van der Waals surface area contributed by atoms with Gasteiger partial charge in [-0.15, -0.1) is 0 Å². The van der Waals surface area contributed by atoms with Crippen LogP contribution in [-0.2, 0) is 4.74 Å². The normalized spacial score (nSPS) is 17.1. The van der Waals surface area contributed by atoms with Gasteiger partial charge in [0.1, 0.15) is 29.3 Å². The number of carbonyl (C=O) groups is 1. The summed E-state index contributed by atoms with van der Waals surface area (Å²) in [6.07, 6.45) is 3.64. The van der Waals surface area contributed by atoms with Crippen molar-refractivity contribution in [1.29, 1.82) is 0 Å². The zero-order chi connectivity index (χ0) is 25.1. The first-order valence-corrected chi connectivity index (χ1v) is 12.3. The first-order chi connectivity index (χ1) is 17.4. The molecule has 2 aromatic carbocycles. The van der Waals surface area contributed by atoms with Gasteiger partial charge in [0.15, 0.2) is 0 Å². The van der Waals surface area contributed by atoms with Crippen molar-refractivity contribution in [2.75, 3.05) is 50.5 Å². The molecular weight excluding hydrogens is 487 g/mol. The Bertz CT molecular complexity index is 1270. The topological polar surface area (TPSA) is 101 Å². The molecule has 3 aromatic rings. The van der Waals surface area contributed by atoms with Crippen LogP contribution in [-0.4, -0.2) is 66.4 Å². The Morgan fingerprint density at radius 3 is 2.81 bits per heavy atom. The number of hydrogen-bond donors (Lipinski definition) is 3. The standard InChI is InChI=1S/C25H28ClFN6O3/c1-28-21-13-19-17(23(31-15-30-19)32-20-11-16(26)3-4-18(20)27)12-22(21)35-10-2-7-33-8-5-25(6-9-33)14-29-24(34)36-25/h3-4,11-13,15,28H,2,5-10,14H2,1H3,(H,29,34)(H,30,31,32). The van der Waals surface area contributed by atoms with E-state index in [1.54, 1.807) is 0 Å². The van der Waals surface area contributed by atoms with E-state index < -0.39 is 5.82 Å². The molecule has 9 nitrogen and oxygen atoms in total. The maximum Gasteiger partial charge on any atom is 0.407 e. The van der Waals surface area contributed by atoms with Gasteiger partial charge in [0, 0.05) is 49.9 Å². The summed E-state index contributed by atoms with van der Waals surface area (Å²) in [6.45, 7) is 3.79. The predicted octanol–water partition coefficient (Wildman–Crippen LogP) is 4.55. The molecule has 36 heavy (non-hydrogen) atoms. The number of piperidine rings is 1. The van der Waals surface area contributed by atoms with Gasteiger partial charge in [-0.1, -0.05) is 11.6 Å². The van der Waals surface area contributed by atoms with E-state index in [1.165, 1.54) is 24.5 Å². The monoisotopic (exact) mass is 514 g/mol. The fourth-order valence-corrected chi connectivity index (χ4v) is 4.83. The van der Waals surface area contributed by atoms with Gasteiger partial charge >= 0.3 is 6.09 Å². The van der Waals surface area contributed by atoms with E-state index in [1.807, 2.05) is 19.2 Å². The Morgan fingerprint density at radius 1 is 1.22 bits per heavy atom. The maximum atomic E-state index is 14.3. The number of nitrogens with one attached hydrogen (secondary N) is 3. The van der Waals surface area contributed by atoms with E-state index in [9.17, 15) is 9.18 Å². The highest BCUT2D eigenvalue weighted by atomic mass is 35.5. The van der Waals surface area contributed by atoms with E-state index in [0.29, 0.717) is 40.6 Å². The minimum Gasteiger partial charge on any atom is -0.491 e. The molecule has 2 aliphatic heterocycles. The van der Waals surface area contributed by atoms with Crippen molar-refractivity contribution < 1.29 is 18.7 Å². The molecule has 5 rings (SSSR count). The quantitative estimate of drug-likeness (QED) is 0.376. The van der Waals surface area contributed by atoms with Crippen molar-refractivity contribution in [3.05, 3.63) is 47.5 Å². The molecule has 2 aliphatic rings. The van der Waals surface area contributed by atoms with Crippen molar-refractivity contribution in [1.82, 2.24) is 20.2 Å². The van der Waals surface area contributed by atoms with E-state index in [0.717, 1.165) is 44.6 Å². The van der Waals surface area contributed by atoms with Crippen LogP contribution in [0, 0.1) is 5.82 Å². The summed E-state index contributed by atoms with van der Waals surface area (Å²) >= 11 is 6.04. The highest BCUT2D eigenvalue weighted by molar-refractivity contribution is 6.30. The third-order valence-electron chi connectivity index (χ3n) is 6.70. The lowest BCUT2D eigenvalue weighted by molar-refractivity contribution is 0.000149. The van der Waals surface area contributed by atoms with Crippen molar-refractivity contribution in [3.63, 3.8) is 0 Å². The van der Waals surface area contributed by atoms with Gasteiger partial charge in [-0.3, -0.25) is 0 Å². The number of likely N-dealkylation sites (tertiary alicyclic amines) is 1. The zero-order valence-corrected chi connectivity index (χ0v) is 20.7. The Hall–Kier alpha value is -3.37. The molecule has 1 amide bonds. The first kappa shape index (κ1) is 24.3. The number of alkyl carbamates (subject to hydrolysis) is 1. The van der Waals surface area contributed by atoms with Crippen LogP contribution < -0.4 is 20.7 Å². The highest BCUT2D eigenvalue weighted by Gasteiger charge is 2.42. The van der Waals surface area contributed by atoms with Crippen molar-refractivity contribution >= 4 is 45.8 Å². The largest absolute Gasteiger partial charge is 0.491 e. The number of fused-ring (bicyclic) bond motifs is 1. The average molecular weight is 515 g/mol. The number of carbonyl (C=O) groups excluding carboxylic acids is 1. The number of hydrogen-bond acceptors (Lipinski definition) is 8. The smallest absolute Gasteiger partial charge is 0.407 e. The van der Waals surface area contributed by atoms with E-state index in [4.69, 9.17) is 21.1 Å². The molecule has 0 atom stereocenters. The molecule has 2 saturated heterocycles. The molecule has 190 valence electrons. The summed E-state index contributed by atoms with van der Waals surface area (Å²) in [5.74, 6) is 0.689. The number of amides is 1. The molecule has 3 heterocycles. The number of ether oxygens (including phenoxy) is 2. The third-order valence-corrected chi connectivity index (χ3v) is 6.93. The van der Waals surface area contributed by atoms with Crippen LogP contribution in [0.25, 0.3) is 10.9 Å². The Labute approximate surface area is 213 Å². The number of benzene rings is 2. The Kier molecular flexibility index (Phi) is 6.97. The SMILES string of the molecule is CNc1cc2ncnc(Nc3cc(Cl)ccc3F)c2cc1OCCCN1CCC2(CC1)CNC(=O)O2. The van der Waals surface area contributed by atoms with Crippen LogP contribution in [0.15, 0.2) is 36.7 Å². The van der Waals surface area contributed by atoms with Crippen LogP contribution in [0.4, 0.5) is 26.4 Å². The van der Waals surface area contributed by atoms with Crippen molar-refractivity contribution in [3.8, 4) is 5.75 Å². The van der Waals surface area contributed by atoms with Gasteiger partial charge in [0.05, 0.1) is 30.0 Å². The van der Waals surface area contributed by atoms with Crippen LogP contribution in [0.2, 0.25) is 5.02 Å². The van der Waals surface area contributed by atoms with Gasteiger partial charge in [0.25, 0.3) is 0 Å². The van der Waals surface area contributed by atoms with Crippen LogP contribution >= 0.6 is 11.6 Å². The van der Waals surface area contributed by atoms with Gasteiger partial charge in [-0.05, 0) is 36.8 Å². The number of aromatic nitrogens is 2. The van der Waals surface area contributed by atoms with Crippen LogP contribution in [0.5, 0.6) is 5.75 Å². The second-order valence-corrected chi connectivity index (χ2v) is 9.49. The fraction of sp³-hybridized carbons (Fsp3) is 0.400. The van der Waals surface area contributed by atoms with Crippen molar-refractivity contribution in [2.24, 2.45) is 0 Å². The minimum absolute atomic E-state index is 0.231. The van der Waals surface area contributed by atoms with E-state index in [-0.39, 0.29) is 17.4 Å². The molecule has 3 N–H and O–H groups in total. The van der Waals surface area contributed by atoms with Gasteiger partial charge in [-0.2, -0.15) is 0 Å². The number of halogens is 2. The molecule has 0 saturated carbocycles. The number of rotatable bonds is 8. The molecule has 0 unspecified atom stereocenters. The summed E-state index contributed by atoms with van der Waals surface area (Å²) < 4.78 is 25.9. The summed E-state index contributed by atoms with van der Waals surface area (Å²) in [5, 5.41) is 10.1. The van der Waals surface area contributed by atoms with Gasteiger partial charge in [-0.25, -0.2) is 19.2 Å². The molecular formula is C25H28ClFN6O3. The first-order valence-electron chi connectivity index (χ1n) is 12.0.